The van der Waals surface area contributed by atoms with Crippen LogP contribution in [-0.2, 0) is 7.05 Å². The summed E-state index contributed by atoms with van der Waals surface area (Å²) >= 11 is 0. The van der Waals surface area contributed by atoms with E-state index in [0.29, 0.717) is 0 Å². The number of aromatic hydroxyl groups is 1. The molecule has 4 nitrogen and oxygen atoms in total. The molecule has 0 unspecified atom stereocenters. The van der Waals surface area contributed by atoms with Gasteiger partial charge in [0, 0.05) is 18.8 Å². The lowest BCUT2D eigenvalue weighted by molar-refractivity contribution is 0.471. The molecule has 1 N–H and O–H groups in total. The third-order valence-corrected chi connectivity index (χ3v) is 3.12. The van der Waals surface area contributed by atoms with E-state index in [0.717, 1.165) is 28.1 Å². The Hall–Kier alpha value is -2.36. The van der Waals surface area contributed by atoms with E-state index in [1.807, 2.05) is 42.8 Å². The van der Waals surface area contributed by atoms with Crippen LogP contribution < -0.4 is 0 Å². The Morgan fingerprint density at radius 2 is 2.06 bits per heavy atom. The monoisotopic (exact) mass is 239 g/mol. The highest BCUT2D eigenvalue weighted by Gasteiger charge is 2.11. The first-order valence-corrected chi connectivity index (χ1v) is 5.74. The number of nitrogens with zero attached hydrogens (tertiary/aromatic N) is 3. The highest BCUT2D eigenvalue weighted by atomic mass is 16.3. The van der Waals surface area contributed by atoms with E-state index in [9.17, 15) is 5.11 Å². The lowest BCUT2D eigenvalue weighted by Gasteiger charge is -2.04. The van der Waals surface area contributed by atoms with Crippen LogP contribution in [0, 0.1) is 6.92 Å². The summed E-state index contributed by atoms with van der Waals surface area (Å²) in [4.78, 5) is 8.73. The second kappa shape index (κ2) is 3.84. The second-order valence-corrected chi connectivity index (χ2v) is 4.34. The molecule has 0 radical (unpaired) electrons. The van der Waals surface area contributed by atoms with Gasteiger partial charge in [-0.1, -0.05) is 12.1 Å². The van der Waals surface area contributed by atoms with Crippen molar-refractivity contribution in [2.45, 2.75) is 6.92 Å². The van der Waals surface area contributed by atoms with Crippen molar-refractivity contribution in [1.29, 1.82) is 0 Å². The summed E-state index contributed by atoms with van der Waals surface area (Å²) in [5.41, 5.74) is 3.44. The Morgan fingerprint density at radius 1 is 1.22 bits per heavy atom. The molecular formula is C14H13N3O. The molecule has 0 spiro atoms. The van der Waals surface area contributed by atoms with Gasteiger partial charge in [-0.25, -0.2) is 9.97 Å². The van der Waals surface area contributed by atoms with E-state index in [2.05, 4.69) is 9.97 Å². The van der Waals surface area contributed by atoms with Crippen molar-refractivity contribution >= 4 is 11.2 Å². The lowest BCUT2D eigenvalue weighted by atomic mass is 10.1. The van der Waals surface area contributed by atoms with Crippen molar-refractivity contribution in [3.05, 3.63) is 42.1 Å². The molecule has 3 rings (SSSR count). The third kappa shape index (κ3) is 1.54. The summed E-state index contributed by atoms with van der Waals surface area (Å²) < 4.78 is 1.98. The minimum absolute atomic E-state index is 0.285. The number of hydrogen-bond acceptors (Lipinski definition) is 3. The van der Waals surface area contributed by atoms with Gasteiger partial charge in [0.1, 0.15) is 11.6 Å². The second-order valence-electron chi connectivity index (χ2n) is 4.34. The van der Waals surface area contributed by atoms with Crippen LogP contribution >= 0.6 is 0 Å². The molecule has 0 aliphatic carbocycles. The summed E-state index contributed by atoms with van der Waals surface area (Å²) in [5.74, 6) is 1.09. The van der Waals surface area contributed by atoms with Crippen LogP contribution in [0.2, 0.25) is 0 Å². The number of imidazole rings is 1. The van der Waals surface area contributed by atoms with Gasteiger partial charge in [-0.05, 0) is 30.7 Å². The van der Waals surface area contributed by atoms with E-state index in [-0.39, 0.29) is 5.75 Å². The maximum Gasteiger partial charge on any atom is 0.178 e. The highest BCUT2D eigenvalue weighted by Crippen LogP contribution is 2.27. The van der Waals surface area contributed by atoms with Gasteiger partial charge in [0.05, 0.1) is 5.52 Å². The Morgan fingerprint density at radius 3 is 2.78 bits per heavy atom. The molecule has 18 heavy (non-hydrogen) atoms. The van der Waals surface area contributed by atoms with Crippen LogP contribution in [0.15, 0.2) is 36.5 Å². The summed E-state index contributed by atoms with van der Waals surface area (Å²) in [6, 6.07) is 9.44. The van der Waals surface area contributed by atoms with Crippen molar-refractivity contribution in [2.75, 3.05) is 0 Å². The lowest BCUT2D eigenvalue weighted by Crippen LogP contribution is -1.92. The molecule has 0 atom stereocenters. The number of rotatable bonds is 1. The quantitative estimate of drug-likeness (QED) is 0.710. The minimum Gasteiger partial charge on any atom is -0.508 e. The molecule has 0 fully saturated rings. The fourth-order valence-electron chi connectivity index (χ4n) is 2.03. The summed E-state index contributed by atoms with van der Waals surface area (Å²) in [6.45, 7) is 1.87. The van der Waals surface area contributed by atoms with Crippen LogP contribution in [0.25, 0.3) is 22.6 Å². The zero-order valence-electron chi connectivity index (χ0n) is 10.3. The molecule has 90 valence electrons. The van der Waals surface area contributed by atoms with Crippen LogP contribution in [-0.4, -0.2) is 19.6 Å². The van der Waals surface area contributed by atoms with Crippen LogP contribution in [0.3, 0.4) is 0 Å². The van der Waals surface area contributed by atoms with Gasteiger partial charge < -0.3 is 9.67 Å². The van der Waals surface area contributed by atoms with E-state index < -0.39 is 0 Å². The van der Waals surface area contributed by atoms with Gasteiger partial charge in [-0.2, -0.15) is 0 Å². The largest absolute Gasteiger partial charge is 0.508 e. The topological polar surface area (TPSA) is 50.9 Å². The SMILES string of the molecule is Cc1ccc(-c2nc3ncccc3n2C)cc1O. The normalized spacial score (nSPS) is 11.0. The first-order chi connectivity index (χ1) is 8.66. The first-order valence-electron chi connectivity index (χ1n) is 5.74. The standard InChI is InChI=1S/C14H13N3O/c1-9-5-6-10(8-12(9)18)14-16-13-11(17(14)2)4-3-7-15-13/h3-8,18H,1-2H3. The molecule has 0 bridgehead atoms. The van der Waals surface area contributed by atoms with Gasteiger partial charge >= 0.3 is 0 Å². The number of aromatic nitrogens is 3. The van der Waals surface area contributed by atoms with Crippen LogP contribution in [0.4, 0.5) is 0 Å². The van der Waals surface area contributed by atoms with E-state index >= 15 is 0 Å². The number of hydrogen-bond donors (Lipinski definition) is 1. The average molecular weight is 239 g/mol. The first kappa shape index (κ1) is 10.8. The van der Waals surface area contributed by atoms with E-state index in [1.54, 1.807) is 12.3 Å². The molecular weight excluding hydrogens is 226 g/mol. The Balaban J connectivity index is 2.25. The van der Waals surface area contributed by atoms with Gasteiger partial charge in [0.2, 0.25) is 0 Å². The Labute approximate surface area is 105 Å². The van der Waals surface area contributed by atoms with Crippen molar-refractivity contribution < 1.29 is 5.11 Å². The average Bonchev–Trinajstić information content (AvgIpc) is 2.71. The fourth-order valence-corrected chi connectivity index (χ4v) is 2.03. The van der Waals surface area contributed by atoms with Crippen LogP contribution in [0.1, 0.15) is 5.56 Å². The van der Waals surface area contributed by atoms with Crippen molar-refractivity contribution in [3.63, 3.8) is 0 Å². The number of benzene rings is 1. The minimum atomic E-state index is 0.285. The van der Waals surface area contributed by atoms with E-state index in [4.69, 9.17) is 0 Å². The molecule has 1 aromatic carbocycles. The highest BCUT2D eigenvalue weighted by molar-refractivity contribution is 5.77. The van der Waals surface area contributed by atoms with Gasteiger partial charge in [0.25, 0.3) is 0 Å². The van der Waals surface area contributed by atoms with Gasteiger partial charge in [0.15, 0.2) is 5.65 Å². The molecule has 4 heteroatoms. The van der Waals surface area contributed by atoms with E-state index in [1.165, 1.54) is 0 Å². The van der Waals surface area contributed by atoms with Crippen molar-refractivity contribution in [2.24, 2.45) is 7.05 Å². The summed E-state index contributed by atoms with van der Waals surface area (Å²) in [7, 11) is 1.95. The number of phenols is 1. The zero-order chi connectivity index (χ0) is 12.7. The number of pyridine rings is 1. The predicted octanol–water partition coefficient (Wildman–Crippen LogP) is 2.65. The molecule has 0 saturated carbocycles. The van der Waals surface area contributed by atoms with Gasteiger partial charge in [-0.3, -0.25) is 0 Å². The van der Waals surface area contributed by atoms with Crippen molar-refractivity contribution in [3.8, 4) is 17.1 Å². The molecule has 0 saturated heterocycles. The summed E-state index contributed by atoms with van der Waals surface area (Å²) in [6.07, 6.45) is 1.73. The fraction of sp³-hybridized carbons (Fsp3) is 0.143. The zero-order valence-corrected chi connectivity index (χ0v) is 10.3. The molecule has 0 aliphatic rings. The molecule has 0 amide bonds. The third-order valence-electron chi connectivity index (χ3n) is 3.12. The van der Waals surface area contributed by atoms with Crippen LogP contribution in [0.5, 0.6) is 5.75 Å². The number of fused-ring (bicyclic) bond motifs is 1. The van der Waals surface area contributed by atoms with Crippen molar-refractivity contribution in [1.82, 2.24) is 14.5 Å². The smallest absolute Gasteiger partial charge is 0.178 e. The molecule has 0 aliphatic heterocycles. The number of aryl methyl sites for hydroxylation is 2. The van der Waals surface area contributed by atoms with Gasteiger partial charge in [-0.15, -0.1) is 0 Å². The Kier molecular flexibility index (Phi) is 2.30. The Bertz CT molecular complexity index is 731. The summed E-state index contributed by atoms with van der Waals surface area (Å²) in [5, 5.41) is 9.77. The number of phenolic OH excluding ortho intramolecular Hbond substituents is 1. The maximum absolute atomic E-state index is 9.77. The predicted molar refractivity (Wildman–Crippen MR) is 70.3 cm³/mol. The maximum atomic E-state index is 9.77. The molecule has 3 aromatic rings. The molecule has 2 heterocycles. The molecule has 2 aromatic heterocycles.